The van der Waals surface area contributed by atoms with Crippen molar-refractivity contribution in [2.75, 3.05) is 11.9 Å². The average Bonchev–Trinajstić information content (AvgIpc) is 3.33. The number of nitrogens with one attached hydrogen (secondary N) is 1. The van der Waals surface area contributed by atoms with Crippen molar-refractivity contribution in [3.8, 4) is 11.3 Å². The molecule has 0 saturated heterocycles. The smallest absolute Gasteiger partial charge is 0.153 e. The van der Waals surface area contributed by atoms with Crippen molar-refractivity contribution in [1.82, 2.24) is 15.0 Å². The normalized spacial score (nSPS) is 12.8. The number of halogens is 3. The molecule has 1 unspecified atom stereocenters. The number of aliphatic hydroxyl groups is 1. The van der Waals surface area contributed by atoms with Crippen LogP contribution in [0.5, 0.6) is 0 Å². The van der Waals surface area contributed by atoms with E-state index in [4.69, 9.17) is 23.2 Å². The summed E-state index contributed by atoms with van der Waals surface area (Å²) in [5, 5.41) is 26.0. The van der Waals surface area contributed by atoms with Crippen molar-refractivity contribution in [2.45, 2.75) is 12.1 Å². The van der Waals surface area contributed by atoms with E-state index in [2.05, 4.69) is 31.6 Å². The number of rotatable bonds is 8. The second-order valence-corrected chi connectivity index (χ2v) is 10.5. The summed E-state index contributed by atoms with van der Waals surface area (Å²) in [6.07, 6.45) is 0. The number of hydrogen-bond donors (Lipinski definition) is 2. The fraction of sp³-hybridized carbons (Fsp3) is 0.103. The van der Waals surface area contributed by atoms with E-state index in [0.717, 1.165) is 21.3 Å². The van der Waals surface area contributed by atoms with Gasteiger partial charge in [-0.05, 0) is 59.7 Å². The summed E-state index contributed by atoms with van der Waals surface area (Å²) < 4.78 is 2.79. The Kier molecular flexibility index (Phi) is 7.63. The van der Waals surface area contributed by atoms with Gasteiger partial charge in [0.1, 0.15) is 5.69 Å². The number of hydrogen-bond acceptors (Lipinski definition) is 4. The zero-order valence-corrected chi connectivity index (χ0v) is 22.7. The quantitative estimate of drug-likeness (QED) is 0.197. The van der Waals surface area contributed by atoms with E-state index < -0.39 is 5.60 Å². The summed E-state index contributed by atoms with van der Waals surface area (Å²) in [5.74, 6) is 0. The molecule has 1 atom stereocenters. The molecule has 0 bridgehead atoms. The van der Waals surface area contributed by atoms with E-state index in [1.54, 1.807) is 12.1 Å². The van der Waals surface area contributed by atoms with E-state index in [1.807, 2.05) is 95.7 Å². The third kappa shape index (κ3) is 5.73. The Morgan fingerprint density at radius 2 is 1.43 bits per heavy atom. The molecule has 5 nitrogen and oxygen atoms in total. The highest BCUT2D eigenvalue weighted by molar-refractivity contribution is 9.10. The zero-order chi connectivity index (χ0) is 25.8. The zero-order valence-electron chi connectivity index (χ0n) is 19.7. The van der Waals surface area contributed by atoms with E-state index in [0.29, 0.717) is 33.5 Å². The molecule has 2 N–H and O–H groups in total. The van der Waals surface area contributed by atoms with Crippen LogP contribution in [0.1, 0.15) is 16.8 Å². The van der Waals surface area contributed by atoms with Crippen LogP contribution < -0.4 is 5.32 Å². The van der Waals surface area contributed by atoms with Gasteiger partial charge in [0.15, 0.2) is 5.60 Å². The summed E-state index contributed by atoms with van der Waals surface area (Å²) >= 11 is 15.9. The Balaban J connectivity index is 1.64. The van der Waals surface area contributed by atoms with Crippen LogP contribution >= 0.6 is 39.1 Å². The van der Waals surface area contributed by atoms with E-state index in [1.165, 1.54) is 0 Å². The summed E-state index contributed by atoms with van der Waals surface area (Å²) in [6, 6.07) is 32.4. The van der Waals surface area contributed by atoms with E-state index in [-0.39, 0.29) is 6.54 Å². The number of anilines is 1. The molecular weight excluding hydrogens is 571 g/mol. The van der Waals surface area contributed by atoms with Gasteiger partial charge in [-0.15, -0.1) is 5.10 Å². The standard InChI is InChI=1S/C29H23BrCl2N4O/c30-23-10-16-26(17-11-23)33-19-29(37,22-8-14-25(32)15-9-22)28-27(21-6-12-24(31)13-7-21)36(35-34-28)18-20-4-2-1-3-5-20/h1-17,33,37H,18-19H2. The van der Waals surface area contributed by atoms with Gasteiger partial charge in [-0.25, -0.2) is 4.68 Å². The minimum absolute atomic E-state index is 0.154. The molecule has 0 aliphatic heterocycles. The summed E-state index contributed by atoms with van der Waals surface area (Å²) in [5.41, 5.74) is 3.02. The van der Waals surface area contributed by atoms with Crippen molar-refractivity contribution >= 4 is 44.8 Å². The molecular formula is C29H23BrCl2N4O. The van der Waals surface area contributed by atoms with Gasteiger partial charge in [0.05, 0.1) is 18.8 Å². The number of nitrogens with zero attached hydrogens (tertiary/aromatic N) is 3. The number of benzene rings is 4. The third-order valence-electron chi connectivity index (χ3n) is 6.13. The minimum Gasteiger partial charge on any atom is -0.381 e. The summed E-state index contributed by atoms with van der Waals surface area (Å²) in [6.45, 7) is 0.642. The Hall–Kier alpha value is -3.16. The first kappa shape index (κ1) is 25.5. The van der Waals surface area contributed by atoms with Crippen LogP contribution in [-0.4, -0.2) is 26.6 Å². The van der Waals surface area contributed by atoms with Gasteiger partial charge in [0.25, 0.3) is 0 Å². The highest BCUT2D eigenvalue weighted by Crippen LogP contribution is 2.37. The predicted octanol–water partition coefficient (Wildman–Crippen LogP) is 7.41. The first-order valence-electron chi connectivity index (χ1n) is 11.6. The molecule has 0 radical (unpaired) electrons. The van der Waals surface area contributed by atoms with E-state index in [9.17, 15) is 5.11 Å². The van der Waals surface area contributed by atoms with Gasteiger partial charge in [0, 0.05) is 25.8 Å². The molecule has 1 heterocycles. The van der Waals surface area contributed by atoms with E-state index >= 15 is 0 Å². The van der Waals surface area contributed by atoms with Crippen molar-refractivity contribution in [3.05, 3.63) is 134 Å². The van der Waals surface area contributed by atoms with Crippen molar-refractivity contribution < 1.29 is 5.11 Å². The average molecular weight is 594 g/mol. The second-order valence-electron chi connectivity index (χ2n) is 8.66. The van der Waals surface area contributed by atoms with Crippen molar-refractivity contribution in [3.63, 3.8) is 0 Å². The van der Waals surface area contributed by atoms with Crippen LogP contribution in [0.4, 0.5) is 5.69 Å². The van der Waals surface area contributed by atoms with Crippen LogP contribution in [0.15, 0.2) is 108 Å². The van der Waals surface area contributed by atoms with Gasteiger partial charge in [0.2, 0.25) is 0 Å². The van der Waals surface area contributed by atoms with Gasteiger partial charge >= 0.3 is 0 Å². The molecule has 0 fully saturated rings. The van der Waals surface area contributed by atoms with Crippen LogP contribution in [0.2, 0.25) is 10.0 Å². The molecule has 0 spiro atoms. The molecule has 1 aromatic heterocycles. The Labute approximate surface area is 233 Å². The minimum atomic E-state index is -1.53. The first-order valence-corrected chi connectivity index (χ1v) is 13.2. The van der Waals surface area contributed by atoms with Crippen LogP contribution in [0.25, 0.3) is 11.3 Å². The Morgan fingerprint density at radius 1 is 0.811 bits per heavy atom. The molecule has 37 heavy (non-hydrogen) atoms. The highest BCUT2D eigenvalue weighted by Gasteiger charge is 2.38. The lowest BCUT2D eigenvalue weighted by Gasteiger charge is -2.29. The van der Waals surface area contributed by atoms with Crippen LogP contribution in [-0.2, 0) is 12.1 Å². The maximum Gasteiger partial charge on any atom is 0.153 e. The Morgan fingerprint density at radius 3 is 2.08 bits per heavy atom. The predicted molar refractivity (Wildman–Crippen MR) is 153 cm³/mol. The van der Waals surface area contributed by atoms with Crippen molar-refractivity contribution in [1.29, 1.82) is 0 Å². The topological polar surface area (TPSA) is 63.0 Å². The molecule has 8 heteroatoms. The lowest BCUT2D eigenvalue weighted by Crippen LogP contribution is -2.36. The molecule has 0 saturated carbocycles. The first-order chi connectivity index (χ1) is 17.9. The van der Waals surface area contributed by atoms with Gasteiger partial charge in [-0.3, -0.25) is 0 Å². The lowest BCUT2D eigenvalue weighted by molar-refractivity contribution is 0.0907. The highest BCUT2D eigenvalue weighted by atomic mass is 79.9. The molecule has 5 rings (SSSR count). The molecule has 0 amide bonds. The molecule has 186 valence electrons. The SMILES string of the molecule is OC(CNc1ccc(Br)cc1)(c1ccc(Cl)cc1)c1nnn(Cc2ccccc2)c1-c1ccc(Cl)cc1. The maximum absolute atomic E-state index is 12.4. The monoisotopic (exact) mass is 592 g/mol. The van der Waals surface area contributed by atoms with Crippen LogP contribution in [0, 0.1) is 0 Å². The fourth-order valence-electron chi connectivity index (χ4n) is 4.20. The van der Waals surface area contributed by atoms with Gasteiger partial charge in [-0.2, -0.15) is 0 Å². The Bertz CT molecular complexity index is 1470. The second kappa shape index (κ2) is 11.1. The molecule has 0 aliphatic carbocycles. The molecule has 0 aliphatic rings. The van der Waals surface area contributed by atoms with Crippen molar-refractivity contribution in [2.24, 2.45) is 0 Å². The molecule has 5 aromatic rings. The summed E-state index contributed by atoms with van der Waals surface area (Å²) in [4.78, 5) is 0. The molecule has 4 aromatic carbocycles. The number of aromatic nitrogens is 3. The maximum atomic E-state index is 12.4. The summed E-state index contributed by atoms with van der Waals surface area (Å²) in [7, 11) is 0. The van der Waals surface area contributed by atoms with Gasteiger partial charge < -0.3 is 10.4 Å². The lowest BCUT2D eigenvalue weighted by atomic mass is 9.87. The fourth-order valence-corrected chi connectivity index (χ4v) is 4.71. The third-order valence-corrected chi connectivity index (χ3v) is 7.17. The van der Waals surface area contributed by atoms with Gasteiger partial charge in [-0.1, -0.05) is 98.9 Å². The largest absolute Gasteiger partial charge is 0.381 e. The van der Waals surface area contributed by atoms with Crippen LogP contribution in [0.3, 0.4) is 0 Å².